The van der Waals surface area contributed by atoms with Crippen LogP contribution in [0.1, 0.15) is 16.1 Å². The highest BCUT2D eigenvalue weighted by molar-refractivity contribution is 7.97. The lowest BCUT2D eigenvalue weighted by Gasteiger charge is -2.00. The van der Waals surface area contributed by atoms with Gasteiger partial charge in [0.2, 0.25) is 5.12 Å². The van der Waals surface area contributed by atoms with E-state index in [1.54, 1.807) is 24.4 Å². The summed E-state index contributed by atoms with van der Waals surface area (Å²) >= 11 is 3.74. The molecule has 1 heterocycles. The topological polar surface area (TPSA) is 30.0 Å². The highest BCUT2D eigenvalue weighted by Gasteiger charge is 2.05. The third-order valence-corrected chi connectivity index (χ3v) is 1.70. The minimum absolute atomic E-state index is 0.250. The fourth-order valence-electron chi connectivity index (χ4n) is 0.932. The van der Waals surface area contributed by atoms with Gasteiger partial charge in [0.1, 0.15) is 0 Å². The average molecular weight is 179 g/mol. The fraction of sp³-hybridized carbons (Fsp3) is 0.111. The zero-order valence-electron chi connectivity index (χ0n) is 6.53. The van der Waals surface area contributed by atoms with Crippen molar-refractivity contribution >= 4 is 17.7 Å². The van der Waals surface area contributed by atoms with Gasteiger partial charge in [0.25, 0.3) is 0 Å². The summed E-state index contributed by atoms with van der Waals surface area (Å²) in [6.45, 7) is 3.58. The molecule has 0 amide bonds. The number of aromatic nitrogens is 1. The highest BCUT2D eigenvalue weighted by atomic mass is 32.1. The highest BCUT2D eigenvalue weighted by Crippen LogP contribution is 2.08. The molecule has 1 aromatic heterocycles. The van der Waals surface area contributed by atoms with E-state index < -0.39 is 0 Å². The number of nitrogens with zero attached hydrogens (tertiary/aromatic N) is 1. The second kappa shape index (κ2) is 4.07. The predicted octanol–water partition coefficient (Wildman–Crippen LogP) is 1.88. The molecule has 1 rings (SSSR count). The molecule has 0 aliphatic heterocycles. The molecule has 0 saturated carbocycles. The minimum Gasteiger partial charge on any atom is -0.282 e. The van der Waals surface area contributed by atoms with Crippen molar-refractivity contribution in [1.29, 1.82) is 0 Å². The lowest BCUT2D eigenvalue weighted by Crippen LogP contribution is -1.98. The summed E-state index contributed by atoms with van der Waals surface area (Å²) < 4.78 is 0. The van der Waals surface area contributed by atoms with Crippen LogP contribution in [0.15, 0.2) is 31.0 Å². The Balaban J connectivity index is 3.07. The van der Waals surface area contributed by atoms with Crippen molar-refractivity contribution in [3.05, 3.63) is 42.2 Å². The maximum Gasteiger partial charge on any atom is 0.218 e. The van der Waals surface area contributed by atoms with Crippen LogP contribution >= 0.6 is 12.6 Å². The molecule has 0 atom stereocenters. The van der Waals surface area contributed by atoms with Crippen LogP contribution in [-0.2, 0) is 6.42 Å². The Morgan fingerprint density at radius 1 is 1.75 bits per heavy atom. The van der Waals surface area contributed by atoms with Crippen LogP contribution < -0.4 is 0 Å². The molecule has 0 unspecified atom stereocenters. The SMILES string of the molecule is C=CCc1ncccc1C(=O)S. The molecule has 12 heavy (non-hydrogen) atoms. The molecular weight excluding hydrogens is 170 g/mol. The number of pyridine rings is 1. The van der Waals surface area contributed by atoms with Gasteiger partial charge >= 0.3 is 0 Å². The number of rotatable bonds is 3. The van der Waals surface area contributed by atoms with Gasteiger partial charge < -0.3 is 0 Å². The molecule has 0 aromatic carbocycles. The van der Waals surface area contributed by atoms with Gasteiger partial charge in [0.15, 0.2) is 0 Å². The third-order valence-electron chi connectivity index (χ3n) is 1.46. The standard InChI is InChI=1S/C9H9NOS/c1-2-4-8-7(9(11)12)5-3-6-10-8/h2-3,5-6H,1,4H2,(H,11,12). The quantitative estimate of drug-likeness (QED) is 0.567. The summed E-state index contributed by atoms with van der Waals surface area (Å²) in [6, 6.07) is 3.43. The van der Waals surface area contributed by atoms with Crippen LogP contribution in [0, 0.1) is 0 Å². The first-order valence-electron chi connectivity index (χ1n) is 3.53. The molecule has 0 saturated heterocycles. The maximum absolute atomic E-state index is 10.9. The average Bonchev–Trinajstić information content (AvgIpc) is 2.05. The number of hydrogen-bond acceptors (Lipinski definition) is 2. The number of allylic oxidation sites excluding steroid dienone is 1. The van der Waals surface area contributed by atoms with Crippen molar-refractivity contribution in [2.24, 2.45) is 0 Å². The summed E-state index contributed by atoms with van der Waals surface area (Å²) in [5.41, 5.74) is 1.29. The second-order valence-electron chi connectivity index (χ2n) is 2.30. The smallest absolute Gasteiger partial charge is 0.218 e. The van der Waals surface area contributed by atoms with E-state index in [0.29, 0.717) is 12.0 Å². The van der Waals surface area contributed by atoms with Gasteiger partial charge in [-0.15, -0.1) is 19.2 Å². The van der Waals surface area contributed by atoms with Gasteiger partial charge in [0, 0.05) is 12.6 Å². The number of carbonyl (C=O) groups excluding carboxylic acids is 1. The number of hydrogen-bond donors (Lipinski definition) is 1. The molecular formula is C9H9NOS. The van der Waals surface area contributed by atoms with E-state index in [4.69, 9.17) is 0 Å². The van der Waals surface area contributed by atoms with E-state index in [9.17, 15) is 4.79 Å². The van der Waals surface area contributed by atoms with Crippen molar-refractivity contribution in [2.45, 2.75) is 6.42 Å². The first-order chi connectivity index (χ1) is 5.75. The summed E-state index contributed by atoms with van der Waals surface area (Å²) in [5.74, 6) is 0. The normalized spacial score (nSPS) is 9.42. The first-order valence-corrected chi connectivity index (χ1v) is 3.98. The predicted molar refractivity (Wildman–Crippen MR) is 51.5 cm³/mol. The summed E-state index contributed by atoms with van der Waals surface area (Å²) in [6.07, 6.45) is 3.96. The molecule has 0 fully saturated rings. The summed E-state index contributed by atoms with van der Waals surface area (Å²) in [4.78, 5) is 15.0. The Morgan fingerprint density at radius 2 is 2.50 bits per heavy atom. The van der Waals surface area contributed by atoms with E-state index >= 15 is 0 Å². The first kappa shape index (κ1) is 9.00. The fourth-order valence-corrected chi connectivity index (χ4v) is 1.14. The third kappa shape index (κ3) is 1.95. The van der Waals surface area contributed by atoms with Gasteiger partial charge in [-0.25, -0.2) is 0 Å². The lowest BCUT2D eigenvalue weighted by molar-refractivity contribution is 0.109. The Kier molecular flexibility index (Phi) is 3.05. The molecule has 2 nitrogen and oxygen atoms in total. The molecule has 3 heteroatoms. The lowest BCUT2D eigenvalue weighted by atomic mass is 10.1. The van der Waals surface area contributed by atoms with Gasteiger partial charge in [-0.1, -0.05) is 6.08 Å². The van der Waals surface area contributed by atoms with E-state index in [1.165, 1.54) is 0 Å². The van der Waals surface area contributed by atoms with Crippen molar-refractivity contribution in [3.8, 4) is 0 Å². The molecule has 0 aliphatic carbocycles. The maximum atomic E-state index is 10.9. The summed E-state index contributed by atoms with van der Waals surface area (Å²) in [5, 5.41) is -0.250. The van der Waals surface area contributed by atoms with E-state index in [0.717, 1.165) is 5.69 Å². The Morgan fingerprint density at radius 3 is 3.08 bits per heavy atom. The van der Waals surface area contributed by atoms with E-state index in [2.05, 4.69) is 24.2 Å². The van der Waals surface area contributed by atoms with Gasteiger partial charge in [-0.2, -0.15) is 0 Å². The van der Waals surface area contributed by atoms with Crippen LogP contribution in [0.3, 0.4) is 0 Å². The van der Waals surface area contributed by atoms with Crippen molar-refractivity contribution in [2.75, 3.05) is 0 Å². The zero-order chi connectivity index (χ0) is 8.97. The Bertz CT molecular complexity index is 309. The van der Waals surface area contributed by atoms with Crippen molar-refractivity contribution < 1.29 is 4.79 Å². The van der Waals surface area contributed by atoms with Gasteiger partial charge in [0.05, 0.1) is 11.3 Å². The Hall–Kier alpha value is -1.09. The number of thiol groups is 1. The molecule has 0 spiro atoms. The number of carbonyl (C=O) groups is 1. The zero-order valence-corrected chi connectivity index (χ0v) is 7.42. The van der Waals surface area contributed by atoms with Crippen LogP contribution in [-0.4, -0.2) is 10.1 Å². The van der Waals surface area contributed by atoms with E-state index in [-0.39, 0.29) is 5.12 Å². The molecule has 0 aliphatic rings. The molecule has 0 radical (unpaired) electrons. The Labute approximate surface area is 76.7 Å². The molecule has 1 aromatic rings. The van der Waals surface area contributed by atoms with Crippen LogP contribution in [0.25, 0.3) is 0 Å². The second-order valence-corrected chi connectivity index (χ2v) is 2.70. The van der Waals surface area contributed by atoms with Crippen molar-refractivity contribution in [1.82, 2.24) is 4.98 Å². The van der Waals surface area contributed by atoms with Gasteiger partial charge in [-0.3, -0.25) is 9.78 Å². The van der Waals surface area contributed by atoms with Crippen LogP contribution in [0.5, 0.6) is 0 Å². The molecule has 0 N–H and O–H groups in total. The largest absolute Gasteiger partial charge is 0.282 e. The van der Waals surface area contributed by atoms with Crippen LogP contribution in [0.2, 0.25) is 0 Å². The minimum atomic E-state index is -0.250. The summed E-state index contributed by atoms with van der Waals surface area (Å²) in [7, 11) is 0. The van der Waals surface area contributed by atoms with Gasteiger partial charge in [-0.05, 0) is 12.1 Å². The van der Waals surface area contributed by atoms with E-state index in [1.807, 2.05) is 0 Å². The molecule has 0 bridgehead atoms. The monoisotopic (exact) mass is 179 g/mol. The van der Waals surface area contributed by atoms with Crippen molar-refractivity contribution in [3.63, 3.8) is 0 Å². The van der Waals surface area contributed by atoms with Crippen LogP contribution in [0.4, 0.5) is 0 Å². The molecule has 62 valence electrons.